The largest absolute Gasteiger partial charge is 0.351 e. The summed E-state index contributed by atoms with van der Waals surface area (Å²) in [5, 5.41) is 7.67. The van der Waals surface area contributed by atoms with E-state index in [2.05, 4.69) is 15.4 Å². The molecule has 9 heteroatoms. The molecule has 214 valence electrons. The lowest BCUT2D eigenvalue weighted by molar-refractivity contribution is -0.128. The Balaban J connectivity index is 1.64. The van der Waals surface area contributed by atoms with Crippen LogP contribution < -0.4 is 15.4 Å². The first-order valence-corrected chi connectivity index (χ1v) is 14.9. The van der Waals surface area contributed by atoms with E-state index in [-0.39, 0.29) is 29.9 Å². The number of hydrogen-bond acceptors (Lipinski definition) is 5. The molecule has 40 heavy (non-hydrogen) atoms. The Morgan fingerprint density at radius 3 is 2.15 bits per heavy atom. The van der Waals surface area contributed by atoms with E-state index in [9.17, 15) is 22.8 Å². The lowest BCUT2D eigenvalue weighted by Crippen LogP contribution is -2.47. The molecule has 8 nitrogen and oxygen atoms in total. The molecule has 0 aromatic heterocycles. The molecule has 3 aromatic carbocycles. The van der Waals surface area contributed by atoms with Gasteiger partial charge in [-0.15, -0.1) is 0 Å². The van der Waals surface area contributed by atoms with Gasteiger partial charge in [0.15, 0.2) is 5.78 Å². The van der Waals surface area contributed by atoms with Crippen molar-refractivity contribution in [2.75, 3.05) is 0 Å². The number of benzene rings is 3. The summed E-state index contributed by atoms with van der Waals surface area (Å²) in [6.45, 7) is 8.90. The average molecular weight is 566 g/mol. The minimum absolute atomic E-state index is 0.0386. The molecule has 2 amide bonds. The highest BCUT2D eigenvalue weighted by atomic mass is 32.2. The Morgan fingerprint density at radius 2 is 1.48 bits per heavy atom. The number of amides is 2. The zero-order valence-electron chi connectivity index (χ0n) is 23.8. The van der Waals surface area contributed by atoms with Crippen LogP contribution in [0.25, 0.3) is 10.8 Å². The number of nitrogens with one attached hydrogen (secondary N) is 3. The van der Waals surface area contributed by atoms with Crippen LogP contribution in [0.3, 0.4) is 0 Å². The first-order chi connectivity index (χ1) is 18.7. The van der Waals surface area contributed by atoms with Crippen LogP contribution in [0.5, 0.6) is 0 Å². The molecule has 0 fully saturated rings. The van der Waals surface area contributed by atoms with Crippen LogP contribution in [0.1, 0.15) is 58.1 Å². The van der Waals surface area contributed by atoms with Crippen molar-refractivity contribution in [1.29, 1.82) is 0 Å². The second-order valence-corrected chi connectivity index (χ2v) is 12.9. The summed E-state index contributed by atoms with van der Waals surface area (Å²) in [4.78, 5) is 38.4. The molecule has 0 aliphatic heterocycles. The number of carbonyl (C=O) groups excluding carboxylic acids is 3. The van der Waals surface area contributed by atoms with E-state index in [1.807, 2.05) is 70.2 Å². The molecule has 3 rings (SSSR count). The van der Waals surface area contributed by atoms with E-state index < -0.39 is 39.5 Å². The molecule has 0 heterocycles. The van der Waals surface area contributed by atoms with Gasteiger partial charge in [0, 0.05) is 30.8 Å². The van der Waals surface area contributed by atoms with E-state index >= 15 is 0 Å². The Kier molecular flexibility index (Phi) is 10.2. The Labute approximate surface area is 237 Å². The van der Waals surface area contributed by atoms with E-state index in [4.69, 9.17) is 0 Å². The van der Waals surface area contributed by atoms with Gasteiger partial charge in [0.2, 0.25) is 21.8 Å². The zero-order chi connectivity index (χ0) is 29.5. The number of hydrogen-bond donors (Lipinski definition) is 3. The van der Waals surface area contributed by atoms with Crippen molar-refractivity contribution < 1.29 is 22.8 Å². The predicted molar refractivity (Wildman–Crippen MR) is 157 cm³/mol. The van der Waals surface area contributed by atoms with Crippen LogP contribution in [-0.2, 0) is 30.8 Å². The summed E-state index contributed by atoms with van der Waals surface area (Å²) in [5.41, 5.74) is 1.43. The lowest BCUT2D eigenvalue weighted by atomic mass is 9.98. The van der Waals surface area contributed by atoms with Crippen molar-refractivity contribution in [3.8, 4) is 0 Å². The maximum Gasteiger partial charge on any atom is 0.240 e. The van der Waals surface area contributed by atoms with Gasteiger partial charge in [0.05, 0.1) is 10.9 Å². The van der Waals surface area contributed by atoms with E-state index in [0.29, 0.717) is 6.42 Å². The summed E-state index contributed by atoms with van der Waals surface area (Å²) in [7, 11) is -3.99. The molecule has 0 radical (unpaired) electrons. The Hall–Kier alpha value is -3.56. The number of sulfonamides is 1. The first kappa shape index (κ1) is 31.0. The third kappa shape index (κ3) is 9.27. The van der Waals surface area contributed by atoms with Crippen LogP contribution in [-0.4, -0.2) is 43.6 Å². The number of fused-ring (bicyclic) bond motifs is 1. The van der Waals surface area contributed by atoms with Crippen molar-refractivity contribution in [3.05, 3.63) is 77.9 Å². The van der Waals surface area contributed by atoms with Gasteiger partial charge in [-0.25, -0.2) is 13.1 Å². The topological polar surface area (TPSA) is 121 Å². The van der Waals surface area contributed by atoms with Crippen molar-refractivity contribution in [2.24, 2.45) is 0 Å². The second kappa shape index (κ2) is 13.2. The molecule has 0 aliphatic rings. The third-order valence-electron chi connectivity index (χ3n) is 6.41. The number of carbonyl (C=O) groups is 3. The number of ketones is 1. The molecule has 3 N–H and O–H groups in total. The third-order valence-corrected chi connectivity index (χ3v) is 7.95. The number of aryl methyl sites for hydroxylation is 2. The van der Waals surface area contributed by atoms with Gasteiger partial charge in [0.1, 0.15) is 0 Å². The van der Waals surface area contributed by atoms with Crippen LogP contribution in [0.4, 0.5) is 0 Å². The van der Waals surface area contributed by atoms with E-state index in [0.717, 1.165) is 21.9 Å². The molecule has 0 bridgehead atoms. The van der Waals surface area contributed by atoms with Gasteiger partial charge >= 0.3 is 0 Å². The average Bonchev–Trinajstić information content (AvgIpc) is 2.85. The smallest absolute Gasteiger partial charge is 0.240 e. The lowest BCUT2D eigenvalue weighted by Gasteiger charge is -2.24. The highest BCUT2D eigenvalue weighted by Crippen LogP contribution is 2.20. The fourth-order valence-electron chi connectivity index (χ4n) is 4.44. The maximum absolute atomic E-state index is 13.0. The highest BCUT2D eigenvalue weighted by molar-refractivity contribution is 7.89. The molecule has 0 saturated heterocycles. The van der Waals surface area contributed by atoms with Gasteiger partial charge in [-0.2, -0.15) is 0 Å². The van der Waals surface area contributed by atoms with Crippen molar-refractivity contribution in [1.82, 2.24) is 15.4 Å². The van der Waals surface area contributed by atoms with E-state index in [1.54, 1.807) is 19.1 Å². The van der Waals surface area contributed by atoms with Gasteiger partial charge in [-0.05, 0) is 69.5 Å². The molecule has 0 aliphatic carbocycles. The summed E-state index contributed by atoms with van der Waals surface area (Å²) >= 11 is 0. The standard InChI is InChI=1S/C31H39N3O5S/c1-21-13-16-26(17-14-21)40(38,39)34-25(20-30(37)33-31(3,4)5)19-29(36)32-22(2)28(35)18-15-24-11-8-10-23-9-6-7-12-27(23)24/h6-14,16-17,22,25,34H,15,18-20H2,1-5H3,(H,32,36)(H,33,37)/t22-,25-/m0/s1. The highest BCUT2D eigenvalue weighted by Gasteiger charge is 2.27. The van der Waals surface area contributed by atoms with Crippen LogP contribution in [0, 0.1) is 6.92 Å². The normalized spacial score (nSPS) is 13.4. The monoisotopic (exact) mass is 565 g/mol. The predicted octanol–water partition coefficient (Wildman–Crippen LogP) is 4.20. The molecular weight excluding hydrogens is 526 g/mol. The molecule has 3 aromatic rings. The van der Waals surface area contributed by atoms with Crippen LogP contribution in [0.15, 0.2) is 71.6 Å². The molecule has 0 spiro atoms. The van der Waals surface area contributed by atoms with E-state index in [1.165, 1.54) is 12.1 Å². The minimum Gasteiger partial charge on any atom is -0.351 e. The summed E-state index contributed by atoms with van der Waals surface area (Å²) in [5.74, 6) is -1.05. The van der Waals surface area contributed by atoms with Crippen LogP contribution >= 0.6 is 0 Å². The van der Waals surface area contributed by atoms with Crippen molar-refractivity contribution in [2.45, 2.75) is 82.8 Å². The van der Waals surface area contributed by atoms with Crippen molar-refractivity contribution in [3.63, 3.8) is 0 Å². The first-order valence-electron chi connectivity index (χ1n) is 13.4. The summed E-state index contributed by atoms with van der Waals surface area (Å²) in [6.07, 6.45) is 0.238. The van der Waals surface area contributed by atoms with Gasteiger partial charge in [0.25, 0.3) is 0 Å². The fourth-order valence-corrected chi connectivity index (χ4v) is 5.68. The van der Waals surface area contributed by atoms with Gasteiger partial charge < -0.3 is 10.6 Å². The molecule has 0 unspecified atom stereocenters. The molecular formula is C31H39N3O5S. The summed E-state index contributed by atoms with van der Waals surface area (Å²) in [6, 6.07) is 18.5. The number of Topliss-reactive ketones (excluding diaryl/α,β-unsaturated/α-hetero) is 1. The molecule has 2 atom stereocenters. The second-order valence-electron chi connectivity index (χ2n) is 11.2. The van der Waals surface area contributed by atoms with Crippen LogP contribution in [0.2, 0.25) is 0 Å². The Bertz CT molecular complexity index is 1460. The SMILES string of the molecule is Cc1ccc(S(=O)(=O)N[C@@H](CC(=O)N[C@@H](C)C(=O)CCc2cccc3ccccc23)CC(=O)NC(C)(C)C)cc1. The molecule has 0 saturated carbocycles. The quantitative estimate of drug-likeness (QED) is 0.304. The summed E-state index contributed by atoms with van der Waals surface area (Å²) < 4.78 is 28.5. The maximum atomic E-state index is 13.0. The number of rotatable bonds is 12. The van der Waals surface area contributed by atoms with Gasteiger partial charge in [-0.3, -0.25) is 14.4 Å². The van der Waals surface area contributed by atoms with Crippen molar-refractivity contribution >= 4 is 38.4 Å². The zero-order valence-corrected chi connectivity index (χ0v) is 24.6. The minimum atomic E-state index is -3.99. The fraction of sp³-hybridized carbons (Fsp3) is 0.387. The van der Waals surface area contributed by atoms with Gasteiger partial charge in [-0.1, -0.05) is 60.2 Å². The Morgan fingerprint density at radius 1 is 0.850 bits per heavy atom.